The van der Waals surface area contributed by atoms with Crippen LogP contribution in [-0.4, -0.2) is 35.7 Å². The fraction of sp³-hybridized carbons (Fsp3) is 0.500. The summed E-state index contributed by atoms with van der Waals surface area (Å²) in [5.74, 6) is -0.258. The lowest BCUT2D eigenvalue weighted by atomic mass is 9.99. The highest BCUT2D eigenvalue weighted by Gasteiger charge is 2.24. The monoisotopic (exact) mass is 309 g/mol. The number of benzene rings is 1. The summed E-state index contributed by atoms with van der Waals surface area (Å²) in [6, 6.07) is 4.88. The van der Waals surface area contributed by atoms with Crippen LogP contribution < -0.4 is 10.6 Å². The van der Waals surface area contributed by atoms with Crippen molar-refractivity contribution in [3.63, 3.8) is 0 Å². The summed E-state index contributed by atoms with van der Waals surface area (Å²) < 4.78 is 0. The first kappa shape index (κ1) is 15.8. The van der Waals surface area contributed by atoms with Crippen LogP contribution >= 0.6 is 11.8 Å². The molecule has 1 amide bonds. The highest BCUT2D eigenvalue weighted by atomic mass is 32.2. The van der Waals surface area contributed by atoms with Crippen molar-refractivity contribution in [3.05, 3.63) is 33.9 Å². The summed E-state index contributed by atoms with van der Waals surface area (Å²) in [7, 11) is 0. The predicted octanol–water partition coefficient (Wildman–Crippen LogP) is 2.19. The lowest BCUT2D eigenvalue weighted by molar-refractivity contribution is -0.387. The maximum atomic E-state index is 12.3. The van der Waals surface area contributed by atoms with Gasteiger partial charge in [0.05, 0.1) is 9.82 Å². The highest BCUT2D eigenvalue weighted by molar-refractivity contribution is 7.98. The van der Waals surface area contributed by atoms with E-state index in [-0.39, 0.29) is 23.7 Å². The number of nitro benzene ring substituents is 1. The third-order valence-electron chi connectivity index (χ3n) is 3.72. The van der Waals surface area contributed by atoms with E-state index in [1.807, 2.05) is 6.92 Å². The molecule has 7 heteroatoms. The van der Waals surface area contributed by atoms with E-state index in [4.69, 9.17) is 0 Å². The molecular formula is C14H19N3O3S. The molecule has 0 aliphatic carbocycles. The van der Waals surface area contributed by atoms with Gasteiger partial charge in [-0.15, -0.1) is 11.8 Å². The molecule has 0 bridgehead atoms. The van der Waals surface area contributed by atoms with Crippen molar-refractivity contribution in [1.29, 1.82) is 0 Å². The molecule has 2 atom stereocenters. The summed E-state index contributed by atoms with van der Waals surface area (Å²) in [4.78, 5) is 23.4. The van der Waals surface area contributed by atoms with E-state index >= 15 is 0 Å². The zero-order chi connectivity index (χ0) is 15.4. The number of thioether (sulfide) groups is 1. The minimum absolute atomic E-state index is 0.0232. The molecule has 1 aromatic rings. The highest BCUT2D eigenvalue weighted by Crippen LogP contribution is 2.28. The van der Waals surface area contributed by atoms with Crippen LogP contribution in [-0.2, 0) is 0 Å². The maximum Gasteiger partial charge on any atom is 0.283 e. The Kier molecular flexibility index (Phi) is 5.19. The van der Waals surface area contributed by atoms with E-state index in [0.717, 1.165) is 19.4 Å². The molecule has 1 heterocycles. The molecule has 1 saturated heterocycles. The van der Waals surface area contributed by atoms with Crippen LogP contribution in [0, 0.1) is 10.1 Å². The topological polar surface area (TPSA) is 84.3 Å². The molecule has 2 unspecified atom stereocenters. The lowest BCUT2D eigenvalue weighted by Crippen LogP contribution is -2.51. The lowest BCUT2D eigenvalue weighted by Gasteiger charge is -2.30. The van der Waals surface area contributed by atoms with Gasteiger partial charge in [-0.05, 0) is 44.7 Å². The zero-order valence-electron chi connectivity index (χ0n) is 12.1. The average molecular weight is 309 g/mol. The van der Waals surface area contributed by atoms with Gasteiger partial charge in [-0.25, -0.2) is 0 Å². The fourth-order valence-electron chi connectivity index (χ4n) is 2.47. The fourth-order valence-corrected chi connectivity index (χ4v) is 3.01. The van der Waals surface area contributed by atoms with Crippen LogP contribution in [0.1, 0.15) is 30.1 Å². The van der Waals surface area contributed by atoms with Gasteiger partial charge in [0.1, 0.15) is 0 Å². The second kappa shape index (κ2) is 6.91. The molecule has 2 rings (SSSR count). The normalized spacial score (nSPS) is 21.8. The molecule has 0 aromatic heterocycles. The Morgan fingerprint density at radius 3 is 2.90 bits per heavy atom. The van der Waals surface area contributed by atoms with Crippen LogP contribution in [0.5, 0.6) is 0 Å². The number of nitrogens with zero attached hydrogens (tertiary/aromatic N) is 1. The van der Waals surface area contributed by atoms with Crippen molar-refractivity contribution in [2.75, 3.05) is 12.8 Å². The molecule has 1 fully saturated rings. The number of piperidine rings is 1. The van der Waals surface area contributed by atoms with E-state index < -0.39 is 4.92 Å². The summed E-state index contributed by atoms with van der Waals surface area (Å²) in [5, 5.41) is 17.3. The van der Waals surface area contributed by atoms with Crippen molar-refractivity contribution in [1.82, 2.24) is 10.6 Å². The number of amides is 1. The van der Waals surface area contributed by atoms with Gasteiger partial charge in [-0.2, -0.15) is 0 Å². The SMILES string of the molecule is CSc1ccc(C(=O)NC2CCCNC2C)cc1[N+](=O)[O-]. The Bertz CT molecular complexity index is 550. The summed E-state index contributed by atoms with van der Waals surface area (Å²) in [6.07, 6.45) is 3.71. The van der Waals surface area contributed by atoms with E-state index in [9.17, 15) is 14.9 Å². The molecule has 6 nitrogen and oxygen atoms in total. The second-order valence-electron chi connectivity index (χ2n) is 5.11. The van der Waals surface area contributed by atoms with Gasteiger partial charge in [0, 0.05) is 23.7 Å². The first-order valence-corrected chi connectivity index (χ1v) is 8.12. The Morgan fingerprint density at radius 2 is 2.29 bits per heavy atom. The van der Waals surface area contributed by atoms with Crippen molar-refractivity contribution in [2.24, 2.45) is 0 Å². The van der Waals surface area contributed by atoms with Gasteiger partial charge in [0.15, 0.2) is 0 Å². The van der Waals surface area contributed by atoms with Crippen molar-refractivity contribution >= 4 is 23.4 Å². The number of nitrogens with one attached hydrogen (secondary N) is 2. The molecule has 1 aliphatic rings. The minimum atomic E-state index is -0.451. The van der Waals surface area contributed by atoms with Gasteiger partial charge in [-0.3, -0.25) is 14.9 Å². The number of hydrogen-bond donors (Lipinski definition) is 2. The number of hydrogen-bond acceptors (Lipinski definition) is 5. The van der Waals surface area contributed by atoms with E-state index in [0.29, 0.717) is 10.5 Å². The number of carbonyl (C=O) groups is 1. The molecule has 21 heavy (non-hydrogen) atoms. The smallest absolute Gasteiger partial charge is 0.283 e. The average Bonchev–Trinajstić information content (AvgIpc) is 2.48. The third-order valence-corrected chi connectivity index (χ3v) is 4.50. The van der Waals surface area contributed by atoms with Gasteiger partial charge in [0.25, 0.3) is 11.6 Å². The van der Waals surface area contributed by atoms with E-state index in [1.165, 1.54) is 17.8 Å². The van der Waals surface area contributed by atoms with Gasteiger partial charge in [-0.1, -0.05) is 0 Å². The van der Waals surface area contributed by atoms with Crippen molar-refractivity contribution in [2.45, 2.75) is 36.7 Å². The largest absolute Gasteiger partial charge is 0.348 e. The first-order chi connectivity index (χ1) is 10.0. The number of rotatable bonds is 4. The molecule has 0 spiro atoms. The molecule has 1 aliphatic heterocycles. The van der Waals surface area contributed by atoms with Gasteiger partial charge in [0.2, 0.25) is 0 Å². The van der Waals surface area contributed by atoms with E-state index in [1.54, 1.807) is 18.4 Å². The number of nitro groups is 1. The summed E-state index contributed by atoms with van der Waals surface area (Å²) in [5.41, 5.74) is 0.308. The zero-order valence-corrected chi connectivity index (χ0v) is 12.9. The maximum absolute atomic E-state index is 12.3. The first-order valence-electron chi connectivity index (χ1n) is 6.89. The third kappa shape index (κ3) is 3.74. The predicted molar refractivity (Wildman–Crippen MR) is 82.8 cm³/mol. The molecule has 114 valence electrons. The second-order valence-corrected chi connectivity index (χ2v) is 5.96. The molecule has 1 aromatic carbocycles. The Morgan fingerprint density at radius 1 is 1.52 bits per heavy atom. The minimum Gasteiger partial charge on any atom is -0.348 e. The summed E-state index contributed by atoms with van der Waals surface area (Å²) >= 11 is 1.30. The van der Waals surface area contributed by atoms with Crippen LogP contribution in [0.15, 0.2) is 23.1 Å². The van der Waals surface area contributed by atoms with Crippen LogP contribution in [0.4, 0.5) is 5.69 Å². The molecule has 2 N–H and O–H groups in total. The Hall–Kier alpha value is -1.60. The number of carbonyl (C=O) groups excluding carboxylic acids is 1. The van der Waals surface area contributed by atoms with E-state index in [2.05, 4.69) is 10.6 Å². The van der Waals surface area contributed by atoms with Crippen molar-refractivity contribution < 1.29 is 9.72 Å². The summed E-state index contributed by atoms with van der Waals surface area (Å²) in [6.45, 7) is 2.99. The van der Waals surface area contributed by atoms with Crippen LogP contribution in [0.3, 0.4) is 0 Å². The van der Waals surface area contributed by atoms with Gasteiger partial charge < -0.3 is 10.6 Å². The Labute approximate surface area is 127 Å². The quantitative estimate of drug-likeness (QED) is 0.506. The standard InChI is InChI=1S/C14H19N3O3S/c1-9-11(4-3-7-15-9)16-14(18)10-5-6-13(21-2)12(8-10)17(19)20/h5-6,8-9,11,15H,3-4,7H2,1-2H3,(H,16,18). The van der Waals surface area contributed by atoms with Crippen LogP contribution in [0.2, 0.25) is 0 Å². The Balaban J connectivity index is 2.15. The molecular weight excluding hydrogens is 290 g/mol. The van der Waals surface area contributed by atoms with Crippen LogP contribution in [0.25, 0.3) is 0 Å². The molecule has 0 saturated carbocycles. The molecule has 0 radical (unpaired) electrons. The van der Waals surface area contributed by atoms with Crippen molar-refractivity contribution in [3.8, 4) is 0 Å². The van der Waals surface area contributed by atoms with Gasteiger partial charge >= 0.3 is 0 Å².